The van der Waals surface area contributed by atoms with E-state index in [0.717, 1.165) is 22.4 Å². The number of aryl methyl sites for hydroxylation is 2. The van der Waals surface area contributed by atoms with Crippen molar-refractivity contribution < 1.29 is 27.4 Å². The molecule has 1 N–H and O–H groups in total. The first-order chi connectivity index (χ1) is 17.1. The topological polar surface area (TPSA) is 65.4 Å². The van der Waals surface area contributed by atoms with Crippen molar-refractivity contribution >= 4 is 23.6 Å². The van der Waals surface area contributed by atoms with Crippen molar-refractivity contribution in [2.45, 2.75) is 39.6 Å². The smallest absolute Gasteiger partial charge is 0.436 e. The molecule has 6 nitrogen and oxygen atoms in total. The Morgan fingerprint density at radius 1 is 1.17 bits per heavy atom. The first-order valence-corrected chi connectivity index (χ1v) is 11.6. The lowest BCUT2D eigenvalue weighted by Gasteiger charge is -2.11. The van der Waals surface area contributed by atoms with Gasteiger partial charge in [0.15, 0.2) is 5.69 Å². The standard InChI is InChI=1S/C26H27ClF3N3O3/c1-17-5-9-21(10-6-17)36-16-20-15-19(7-11-22(20)35-3)8-12-23(34)31-13-4-14-33-18(2)24(27)25(32-33)26(28,29)30/h5-12,15H,4,13-14,16H2,1-3H3,(H,31,34)/b12-8+. The van der Waals surface area contributed by atoms with Gasteiger partial charge in [-0.3, -0.25) is 9.48 Å². The normalized spacial score (nSPS) is 11.6. The number of nitrogens with one attached hydrogen (secondary N) is 1. The Balaban J connectivity index is 1.52. The third-order valence-electron chi connectivity index (χ3n) is 5.39. The van der Waals surface area contributed by atoms with E-state index in [1.807, 2.05) is 43.3 Å². The number of nitrogens with zero attached hydrogens (tertiary/aromatic N) is 2. The molecule has 192 valence electrons. The molecule has 0 aliphatic heterocycles. The second-order valence-electron chi connectivity index (χ2n) is 8.12. The lowest BCUT2D eigenvalue weighted by Crippen LogP contribution is -2.23. The van der Waals surface area contributed by atoms with E-state index in [9.17, 15) is 18.0 Å². The molecule has 1 amide bonds. The molecule has 3 aromatic rings. The second-order valence-corrected chi connectivity index (χ2v) is 8.50. The quantitative estimate of drug-likeness (QED) is 0.263. The van der Waals surface area contributed by atoms with Gasteiger partial charge in [0.2, 0.25) is 5.91 Å². The Hall–Kier alpha value is -3.46. The number of aromatic nitrogens is 2. The van der Waals surface area contributed by atoms with Crippen LogP contribution < -0.4 is 14.8 Å². The Bertz CT molecular complexity index is 1220. The van der Waals surface area contributed by atoms with E-state index < -0.39 is 16.9 Å². The van der Waals surface area contributed by atoms with Crippen LogP contribution in [0.1, 0.15) is 34.5 Å². The average molecular weight is 522 g/mol. The molecule has 0 fully saturated rings. The van der Waals surface area contributed by atoms with Crippen LogP contribution >= 0.6 is 11.6 Å². The van der Waals surface area contributed by atoms with E-state index in [-0.39, 0.29) is 24.7 Å². The van der Waals surface area contributed by atoms with Crippen LogP contribution in [0.3, 0.4) is 0 Å². The molecule has 1 aromatic heterocycles. The Labute approximate surface area is 212 Å². The summed E-state index contributed by atoms with van der Waals surface area (Å²) in [5.41, 5.74) is 1.89. The summed E-state index contributed by atoms with van der Waals surface area (Å²) in [5, 5.41) is 5.85. The van der Waals surface area contributed by atoms with Crippen molar-refractivity contribution in [3.63, 3.8) is 0 Å². The van der Waals surface area contributed by atoms with Gasteiger partial charge in [0.25, 0.3) is 0 Å². The minimum atomic E-state index is -4.61. The van der Waals surface area contributed by atoms with Gasteiger partial charge < -0.3 is 14.8 Å². The average Bonchev–Trinajstić information content (AvgIpc) is 3.14. The van der Waals surface area contributed by atoms with E-state index in [4.69, 9.17) is 21.1 Å². The first-order valence-electron chi connectivity index (χ1n) is 11.2. The minimum absolute atomic E-state index is 0.189. The lowest BCUT2D eigenvalue weighted by atomic mass is 10.1. The molecule has 0 saturated carbocycles. The summed E-state index contributed by atoms with van der Waals surface area (Å²) in [6, 6.07) is 13.2. The SMILES string of the molecule is COc1ccc(/C=C/C(=O)NCCCn2nc(C(F)(F)F)c(Cl)c2C)cc1COc1ccc(C)cc1. The Morgan fingerprint density at radius 3 is 2.53 bits per heavy atom. The molecule has 36 heavy (non-hydrogen) atoms. The highest BCUT2D eigenvalue weighted by atomic mass is 35.5. The highest BCUT2D eigenvalue weighted by Crippen LogP contribution is 2.35. The molecule has 10 heteroatoms. The highest BCUT2D eigenvalue weighted by Gasteiger charge is 2.38. The van der Waals surface area contributed by atoms with Crippen molar-refractivity contribution in [1.29, 1.82) is 0 Å². The highest BCUT2D eigenvalue weighted by molar-refractivity contribution is 6.31. The monoisotopic (exact) mass is 521 g/mol. The number of carbonyl (C=O) groups excluding carboxylic acids is 1. The fraction of sp³-hybridized carbons (Fsp3) is 0.308. The van der Waals surface area contributed by atoms with Gasteiger partial charge >= 0.3 is 6.18 Å². The number of alkyl halides is 3. The van der Waals surface area contributed by atoms with Gasteiger partial charge in [0.05, 0.1) is 17.8 Å². The summed E-state index contributed by atoms with van der Waals surface area (Å²) in [4.78, 5) is 12.2. The number of amides is 1. The maximum Gasteiger partial charge on any atom is 0.436 e. The van der Waals surface area contributed by atoms with Crippen LogP contribution in [0.5, 0.6) is 11.5 Å². The molecule has 0 radical (unpaired) electrons. The fourth-order valence-electron chi connectivity index (χ4n) is 3.40. The molecule has 2 aromatic carbocycles. The number of methoxy groups -OCH3 is 1. The van der Waals surface area contributed by atoms with Gasteiger partial charge in [-0.15, -0.1) is 0 Å². The van der Waals surface area contributed by atoms with Gasteiger partial charge in [0, 0.05) is 24.7 Å². The van der Waals surface area contributed by atoms with Crippen molar-refractivity contribution in [1.82, 2.24) is 15.1 Å². The van der Waals surface area contributed by atoms with E-state index in [2.05, 4.69) is 10.4 Å². The summed E-state index contributed by atoms with van der Waals surface area (Å²) in [7, 11) is 1.58. The van der Waals surface area contributed by atoms with Crippen molar-refractivity contribution in [2.24, 2.45) is 0 Å². The largest absolute Gasteiger partial charge is 0.496 e. The molecular weight excluding hydrogens is 495 g/mol. The third-order valence-corrected chi connectivity index (χ3v) is 5.85. The van der Waals surface area contributed by atoms with Crippen LogP contribution in [0, 0.1) is 13.8 Å². The van der Waals surface area contributed by atoms with E-state index >= 15 is 0 Å². The zero-order valence-corrected chi connectivity index (χ0v) is 20.9. The van der Waals surface area contributed by atoms with Gasteiger partial charge in [0.1, 0.15) is 18.1 Å². The van der Waals surface area contributed by atoms with Gasteiger partial charge in [-0.25, -0.2) is 0 Å². The first kappa shape index (κ1) is 27.1. The van der Waals surface area contributed by atoms with Crippen molar-refractivity contribution in [3.8, 4) is 11.5 Å². The van der Waals surface area contributed by atoms with Gasteiger partial charge in [-0.2, -0.15) is 18.3 Å². The lowest BCUT2D eigenvalue weighted by molar-refractivity contribution is -0.141. The van der Waals surface area contributed by atoms with Crippen LogP contribution in [-0.2, 0) is 24.1 Å². The molecule has 0 aliphatic rings. The molecule has 0 atom stereocenters. The predicted octanol–water partition coefficient (Wildman–Crippen LogP) is 5.98. The number of hydrogen-bond acceptors (Lipinski definition) is 4. The van der Waals surface area contributed by atoms with Crippen LogP contribution in [-0.4, -0.2) is 29.3 Å². The third kappa shape index (κ3) is 7.27. The second kappa shape index (κ2) is 12.0. The van der Waals surface area contributed by atoms with E-state index in [0.29, 0.717) is 18.8 Å². The van der Waals surface area contributed by atoms with Gasteiger partial charge in [-0.1, -0.05) is 35.4 Å². The molecule has 0 unspecified atom stereocenters. The summed E-state index contributed by atoms with van der Waals surface area (Å²) in [6.07, 6.45) is -1.17. The number of halogens is 4. The molecule has 0 saturated heterocycles. The summed E-state index contributed by atoms with van der Waals surface area (Å²) >= 11 is 5.75. The predicted molar refractivity (Wildman–Crippen MR) is 132 cm³/mol. The number of rotatable bonds is 10. The van der Waals surface area contributed by atoms with Crippen molar-refractivity contribution in [3.05, 3.63) is 81.6 Å². The van der Waals surface area contributed by atoms with Crippen molar-refractivity contribution in [2.75, 3.05) is 13.7 Å². The molecule has 1 heterocycles. The maximum absolute atomic E-state index is 12.9. The zero-order chi connectivity index (χ0) is 26.3. The fourth-order valence-corrected chi connectivity index (χ4v) is 3.65. The number of hydrogen-bond donors (Lipinski definition) is 1. The Morgan fingerprint density at radius 2 is 1.89 bits per heavy atom. The molecule has 0 aliphatic carbocycles. The van der Waals surface area contributed by atoms with Crippen LogP contribution in [0.15, 0.2) is 48.5 Å². The number of carbonyl (C=O) groups is 1. The van der Waals surface area contributed by atoms with E-state index in [1.165, 1.54) is 17.7 Å². The van der Waals surface area contributed by atoms with Gasteiger partial charge in [-0.05, 0) is 56.2 Å². The summed E-state index contributed by atoms with van der Waals surface area (Å²) < 4.78 is 51.2. The zero-order valence-electron chi connectivity index (χ0n) is 20.2. The van der Waals surface area contributed by atoms with Crippen LogP contribution in [0.4, 0.5) is 13.2 Å². The number of ether oxygens (including phenoxy) is 2. The maximum atomic E-state index is 12.9. The molecule has 0 bridgehead atoms. The molecule has 3 rings (SSSR count). The van der Waals surface area contributed by atoms with Crippen LogP contribution in [0.25, 0.3) is 6.08 Å². The Kier molecular flexibility index (Phi) is 9.03. The summed E-state index contributed by atoms with van der Waals surface area (Å²) in [6.45, 7) is 4.23. The minimum Gasteiger partial charge on any atom is -0.496 e. The molecule has 0 spiro atoms. The number of benzene rings is 2. The summed E-state index contributed by atoms with van der Waals surface area (Å²) in [5.74, 6) is 1.09. The van der Waals surface area contributed by atoms with Crippen LogP contribution in [0.2, 0.25) is 5.02 Å². The van der Waals surface area contributed by atoms with E-state index in [1.54, 1.807) is 19.3 Å². The molecular formula is C26H27ClF3N3O3.